The van der Waals surface area contributed by atoms with Gasteiger partial charge in [0.05, 0.1) is 23.4 Å². The molecule has 1 aliphatic rings. The van der Waals surface area contributed by atoms with Crippen LogP contribution in [-0.4, -0.2) is 35.5 Å². The fraction of sp³-hybridized carbons (Fsp3) is 0.0769. The zero-order valence-electron chi connectivity index (χ0n) is 18.1. The number of carbonyl (C=O) groups is 4. The number of carboxylic acids is 1. The average Bonchev–Trinajstić information content (AvgIpc) is 3.13. The minimum Gasteiger partial charge on any atom is -0.478 e. The monoisotopic (exact) mass is 456 g/mol. The maximum atomic E-state index is 12.9. The molecular formula is C26H20N2O6. The van der Waals surface area contributed by atoms with Gasteiger partial charge in [0.15, 0.2) is 0 Å². The maximum Gasteiger partial charge on any atom is 0.338 e. The van der Waals surface area contributed by atoms with Crippen molar-refractivity contribution in [3.63, 3.8) is 0 Å². The highest BCUT2D eigenvalue weighted by molar-refractivity contribution is 6.31. The molecule has 0 radical (unpaired) electrons. The summed E-state index contributed by atoms with van der Waals surface area (Å²) in [7, 11) is 0. The fourth-order valence-electron chi connectivity index (χ4n) is 3.51. The molecule has 1 saturated heterocycles. The summed E-state index contributed by atoms with van der Waals surface area (Å²) in [5.74, 6) is -2.59. The molecule has 8 nitrogen and oxygen atoms in total. The molecule has 170 valence electrons. The number of carboxylic acid groups (broad SMARTS) is 1. The Kier molecular flexibility index (Phi) is 6.22. The molecular weight excluding hydrogens is 436 g/mol. The second-order valence-electron chi connectivity index (χ2n) is 7.42. The van der Waals surface area contributed by atoms with Crippen molar-refractivity contribution in [2.24, 2.45) is 0 Å². The molecule has 34 heavy (non-hydrogen) atoms. The van der Waals surface area contributed by atoms with E-state index >= 15 is 0 Å². The number of rotatable bonds is 6. The Hall–Kier alpha value is -4.72. The van der Waals surface area contributed by atoms with Crippen molar-refractivity contribution in [3.8, 4) is 11.1 Å². The lowest BCUT2D eigenvalue weighted by Crippen LogP contribution is -2.35. The van der Waals surface area contributed by atoms with E-state index in [1.807, 2.05) is 6.07 Å². The van der Waals surface area contributed by atoms with Crippen molar-refractivity contribution in [3.05, 3.63) is 95.1 Å². The predicted octanol–water partition coefficient (Wildman–Crippen LogP) is 3.69. The SMILES string of the molecule is CCOC(=O)c1ccc(N2NC(=O)/C(=C\c3cccc(-c4cccc(C(=O)O)c4)c3)C2=O)cc1. The molecule has 2 amide bonds. The standard InChI is InChI=1S/C26H20N2O6/c1-2-34-26(33)17-9-11-21(12-10-17)28-24(30)22(23(29)27-28)14-16-5-3-6-18(13-16)19-7-4-8-20(15-19)25(31)32/h3-15H,2H2,1H3,(H,27,29)(H,31,32)/b22-14+. The molecule has 0 atom stereocenters. The number of aromatic carboxylic acids is 1. The van der Waals surface area contributed by atoms with Crippen molar-refractivity contribution >= 4 is 35.5 Å². The van der Waals surface area contributed by atoms with Crippen LogP contribution >= 0.6 is 0 Å². The van der Waals surface area contributed by atoms with Crippen LogP contribution in [0, 0.1) is 0 Å². The summed E-state index contributed by atoms with van der Waals surface area (Å²) in [5.41, 5.74) is 5.42. The minimum atomic E-state index is -1.02. The fourth-order valence-corrected chi connectivity index (χ4v) is 3.51. The van der Waals surface area contributed by atoms with Gasteiger partial charge in [-0.2, -0.15) is 0 Å². The molecule has 0 spiro atoms. The van der Waals surface area contributed by atoms with Crippen molar-refractivity contribution in [1.29, 1.82) is 0 Å². The molecule has 4 rings (SSSR count). The van der Waals surface area contributed by atoms with Crippen LogP contribution in [0.25, 0.3) is 17.2 Å². The predicted molar refractivity (Wildman–Crippen MR) is 125 cm³/mol. The molecule has 1 aliphatic heterocycles. The van der Waals surface area contributed by atoms with Crippen LogP contribution < -0.4 is 10.4 Å². The number of hydrogen-bond acceptors (Lipinski definition) is 5. The highest BCUT2D eigenvalue weighted by atomic mass is 16.5. The minimum absolute atomic E-state index is 0.0501. The highest BCUT2D eigenvalue weighted by Crippen LogP contribution is 2.25. The van der Waals surface area contributed by atoms with Gasteiger partial charge in [0, 0.05) is 0 Å². The van der Waals surface area contributed by atoms with Gasteiger partial charge in [0.2, 0.25) is 0 Å². The van der Waals surface area contributed by atoms with Gasteiger partial charge in [0.25, 0.3) is 11.8 Å². The first-order chi connectivity index (χ1) is 16.4. The van der Waals surface area contributed by atoms with E-state index in [0.29, 0.717) is 22.4 Å². The quantitative estimate of drug-likeness (QED) is 0.332. The maximum absolute atomic E-state index is 12.9. The van der Waals surface area contributed by atoms with Crippen molar-refractivity contribution in [1.82, 2.24) is 5.43 Å². The summed E-state index contributed by atoms with van der Waals surface area (Å²) in [6, 6.07) is 19.7. The second-order valence-corrected chi connectivity index (χ2v) is 7.42. The van der Waals surface area contributed by atoms with Crippen LogP contribution in [0.4, 0.5) is 5.69 Å². The molecule has 1 fully saturated rings. The largest absolute Gasteiger partial charge is 0.478 e. The zero-order valence-corrected chi connectivity index (χ0v) is 18.1. The van der Waals surface area contributed by atoms with Crippen molar-refractivity contribution < 1.29 is 29.0 Å². The first kappa shape index (κ1) is 22.5. The molecule has 0 bridgehead atoms. The molecule has 8 heteroatoms. The topological polar surface area (TPSA) is 113 Å². The number of ether oxygens (including phenoxy) is 1. The number of hydrogen-bond donors (Lipinski definition) is 2. The number of nitrogens with zero attached hydrogens (tertiary/aromatic N) is 1. The van der Waals surface area contributed by atoms with Gasteiger partial charge in [-0.05, 0) is 72.2 Å². The normalized spacial score (nSPS) is 14.3. The molecule has 3 aromatic rings. The third-order valence-electron chi connectivity index (χ3n) is 5.17. The lowest BCUT2D eigenvalue weighted by atomic mass is 10.00. The van der Waals surface area contributed by atoms with Gasteiger partial charge in [-0.25, -0.2) is 14.6 Å². The molecule has 0 saturated carbocycles. The van der Waals surface area contributed by atoms with Gasteiger partial charge < -0.3 is 9.84 Å². The Morgan fingerprint density at radius 2 is 1.62 bits per heavy atom. The summed E-state index contributed by atoms with van der Waals surface area (Å²) < 4.78 is 4.95. The summed E-state index contributed by atoms with van der Waals surface area (Å²) in [6.45, 7) is 1.96. The summed E-state index contributed by atoms with van der Waals surface area (Å²) in [4.78, 5) is 48.5. The molecule has 0 aliphatic carbocycles. The van der Waals surface area contributed by atoms with Crippen LogP contribution in [0.2, 0.25) is 0 Å². The first-order valence-corrected chi connectivity index (χ1v) is 10.5. The number of nitrogens with one attached hydrogen (secondary N) is 1. The number of carbonyl (C=O) groups excluding carboxylic acids is 3. The Labute approximate surface area is 195 Å². The van der Waals surface area contributed by atoms with Crippen molar-refractivity contribution in [2.45, 2.75) is 6.92 Å². The van der Waals surface area contributed by atoms with E-state index in [9.17, 15) is 24.3 Å². The van der Waals surface area contributed by atoms with Crippen LogP contribution in [0.1, 0.15) is 33.2 Å². The average molecular weight is 456 g/mol. The van der Waals surface area contributed by atoms with Crippen LogP contribution in [-0.2, 0) is 14.3 Å². The van der Waals surface area contributed by atoms with E-state index in [2.05, 4.69) is 5.43 Å². The molecule has 0 unspecified atom stereocenters. The third-order valence-corrected chi connectivity index (χ3v) is 5.17. The van der Waals surface area contributed by atoms with E-state index in [1.165, 1.54) is 24.3 Å². The van der Waals surface area contributed by atoms with Crippen LogP contribution in [0.5, 0.6) is 0 Å². The first-order valence-electron chi connectivity index (χ1n) is 10.5. The number of anilines is 1. The summed E-state index contributed by atoms with van der Waals surface area (Å²) in [6.07, 6.45) is 1.48. The highest BCUT2D eigenvalue weighted by Gasteiger charge is 2.34. The Morgan fingerprint density at radius 3 is 2.29 bits per heavy atom. The molecule has 0 aromatic heterocycles. The van der Waals surface area contributed by atoms with Gasteiger partial charge in [-0.1, -0.05) is 30.3 Å². The van der Waals surface area contributed by atoms with Gasteiger partial charge in [-0.15, -0.1) is 0 Å². The Bertz CT molecular complexity index is 1330. The smallest absolute Gasteiger partial charge is 0.338 e. The van der Waals surface area contributed by atoms with Gasteiger partial charge >= 0.3 is 11.9 Å². The van der Waals surface area contributed by atoms with Crippen LogP contribution in [0.3, 0.4) is 0 Å². The number of benzene rings is 3. The van der Waals surface area contributed by atoms with Crippen LogP contribution in [0.15, 0.2) is 78.4 Å². The molecule has 2 N–H and O–H groups in total. The Morgan fingerprint density at radius 1 is 0.941 bits per heavy atom. The lowest BCUT2D eigenvalue weighted by molar-refractivity contribution is -0.117. The number of esters is 1. The van der Waals surface area contributed by atoms with E-state index in [4.69, 9.17) is 4.74 Å². The zero-order chi connectivity index (χ0) is 24.2. The van der Waals surface area contributed by atoms with E-state index in [0.717, 1.165) is 10.6 Å². The molecule has 1 heterocycles. The Balaban J connectivity index is 1.58. The number of hydrazine groups is 1. The summed E-state index contributed by atoms with van der Waals surface area (Å²) >= 11 is 0. The van der Waals surface area contributed by atoms with E-state index in [-0.39, 0.29) is 17.7 Å². The lowest BCUT2D eigenvalue weighted by Gasteiger charge is -2.14. The number of amides is 2. The van der Waals surface area contributed by atoms with Crippen molar-refractivity contribution in [2.75, 3.05) is 11.6 Å². The van der Waals surface area contributed by atoms with Gasteiger partial charge in [-0.3, -0.25) is 15.0 Å². The third kappa shape index (κ3) is 4.56. The molecule has 3 aromatic carbocycles. The van der Waals surface area contributed by atoms with Gasteiger partial charge in [0.1, 0.15) is 5.57 Å². The second kappa shape index (κ2) is 9.41. The van der Waals surface area contributed by atoms with E-state index < -0.39 is 23.8 Å². The summed E-state index contributed by atoms with van der Waals surface area (Å²) in [5, 5.41) is 10.3. The van der Waals surface area contributed by atoms with E-state index in [1.54, 1.807) is 55.5 Å².